The monoisotopic (exact) mass is 359 g/mol. The van der Waals surface area contributed by atoms with E-state index in [1.165, 1.54) is 0 Å². The molecule has 0 unspecified atom stereocenters. The van der Waals surface area contributed by atoms with E-state index in [2.05, 4.69) is 22.7 Å². The van der Waals surface area contributed by atoms with Crippen LogP contribution in [0.4, 0.5) is 11.4 Å². The molecule has 136 valence electrons. The molecular formula is C22H21N3O2. The molecule has 3 aromatic rings. The van der Waals surface area contributed by atoms with Gasteiger partial charge in [0.25, 0.3) is 0 Å². The molecule has 0 radical (unpaired) electrons. The first-order valence-corrected chi connectivity index (χ1v) is 8.55. The van der Waals surface area contributed by atoms with Crippen LogP contribution in [-0.2, 0) is 0 Å². The van der Waals surface area contributed by atoms with Crippen molar-refractivity contribution in [2.75, 3.05) is 24.4 Å². The fourth-order valence-electron chi connectivity index (χ4n) is 2.62. The van der Waals surface area contributed by atoms with Crippen LogP contribution >= 0.6 is 0 Å². The summed E-state index contributed by atoms with van der Waals surface area (Å²) in [6.45, 7) is 0. The molecule has 0 heterocycles. The Kier molecular flexibility index (Phi) is 5.52. The van der Waals surface area contributed by atoms with Crippen LogP contribution in [0.5, 0.6) is 0 Å². The van der Waals surface area contributed by atoms with Crippen molar-refractivity contribution in [2.24, 2.45) is 5.10 Å². The molecule has 0 saturated carbocycles. The minimum atomic E-state index is -0.948. The predicted molar refractivity (Wildman–Crippen MR) is 110 cm³/mol. The predicted octanol–water partition coefficient (Wildman–Crippen LogP) is 4.32. The van der Waals surface area contributed by atoms with Crippen molar-refractivity contribution in [3.63, 3.8) is 0 Å². The van der Waals surface area contributed by atoms with Crippen molar-refractivity contribution < 1.29 is 9.90 Å². The van der Waals surface area contributed by atoms with Crippen LogP contribution in [0.1, 0.15) is 21.5 Å². The number of aromatic carboxylic acids is 1. The molecule has 3 rings (SSSR count). The van der Waals surface area contributed by atoms with Crippen LogP contribution in [0.25, 0.3) is 0 Å². The topological polar surface area (TPSA) is 64.9 Å². The first-order valence-electron chi connectivity index (χ1n) is 8.55. The Morgan fingerprint density at radius 3 is 1.93 bits per heavy atom. The molecule has 0 bridgehead atoms. The summed E-state index contributed by atoms with van der Waals surface area (Å²) in [6, 6.07) is 24.6. The second kappa shape index (κ2) is 8.19. The molecule has 0 aliphatic carbocycles. The van der Waals surface area contributed by atoms with E-state index in [1.54, 1.807) is 24.3 Å². The summed E-state index contributed by atoms with van der Waals surface area (Å²) in [4.78, 5) is 13.0. The number of hydrogen-bond acceptors (Lipinski definition) is 4. The summed E-state index contributed by atoms with van der Waals surface area (Å²) in [5.74, 6) is -0.948. The van der Waals surface area contributed by atoms with Crippen molar-refractivity contribution in [3.8, 4) is 0 Å². The maximum absolute atomic E-state index is 11.0. The van der Waals surface area contributed by atoms with Gasteiger partial charge in [0.15, 0.2) is 0 Å². The fourth-order valence-corrected chi connectivity index (χ4v) is 2.62. The Hall–Kier alpha value is -3.60. The fraction of sp³-hybridized carbons (Fsp3) is 0.0909. The number of rotatable bonds is 6. The largest absolute Gasteiger partial charge is 0.478 e. The van der Waals surface area contributed by atoms with E-state index in [4.69, 9.17) is 5.11 Å². The molecule has 5 heteroatoms. The standard InChI is InChI=1S/C22H21N3O2/c1-25(2)20-14-10-17(11-15-20)21(16-6-4-3-5-7-16)24-23-19-12-8-18(9-13-19)22(26)27/h3-15,23H,1-2H3,(H,26,27). The molecule has 5 nitrogen and oxygen atoms in total. The van der Waals surface area contributed by atoms with Crippen LogP contribution in [0, 0.1) is 0 Å². The first kappa shape index (κ1) is 18.2. The van der Waals surface area contributed by atoms with Gasteiger partial charge in [-0.1, -0.05) is 42.5 Å². The maximum Gasteiger partial charge on any atom is 0.335 e. The lowest BCUT2D eigenvalue weighted by Crippen LogP contribution is -2.10. The quantitative estimate of drug-likeness (QED) is 0.508. The van der Waals surface area contributed by atoms with Crippen LogP contribution in [0.15, 0.2) is 84.0 Å². The third-order valence-electron chi connectivity index (χ3n) is 4.13. The summed E-state index contributed by atoms with van der Waals surface area (Å²) in [5, 5.41) is 13.6. The van der Waals surface area contributed by atoms with Gasteiger partial charge in [-0.2, -0.15) is 5.10 Å². The lowest BCUT2D eigenvalue weighted by molar-refractivity contribution is 0.0697. The number of benzene rings is 3. The summed E-state index contributed by atoms with van der Waals surface area (Å²) in [6.07, 6.45) is 0. The summed E-state index contributed by atoms with van der Waals surface area (Å²) in [5.41, 5.74) is 7.89. The highest BCUT2D eigenvalue weighted by molar-refractivity contribution is 6.13. The normalized spacial score (nSPS) is 11.1. The highest BCUT2D eigenvalue weighted by atomic mass is 16.4. The van der Waals surface area contributed by atoms with E-state index >= 15 is 0 Å². The molecule has 0 amide bonds. The smallest absolute Gasteiger partial charge is 0.335 e. The Labute approximate surface area is 158 Å². The first-order chi connectivity index (χ1) is 13.0. The number of nitrogens with one attached hydrogen (secondary N) is 1. The molecular weight excluding hydrogens is 338 g/mol. The van der Waals surface area contributed by atoms with Crippen LogP contribution in [0.2, 0.25) is 0 Å². The van der Waals surface area contributed by atoms with Gasteiger partial charge in [0.05, 0.1) is 17.0 Å². The van der Waals surface area contributed by atoms with Gasteiger partial charge in [-0.05, 0) is 36.4 Å². The zero-order chi connectivity index (χ0) is 19.2. The molecule has 2 N–H and O–H groups in total. The minimum Gasteiger partial charge on any atom is -0.478 e. The third-order valence-corrected chi connectivity index (χ3v) is 4.13. The Bertz CT molecular complexity index is 932. The highest BCUT2D eigenvalue weighted by Crippen LogP contribution is 2.17. The molecule has 0 aromatic heterocycles. The number of carboxylic acids is 1. The number of carbonyl (C=O) groups is 1. The van der Waals surface area contributed by atoms with Gasteiger partial charge in [-0.15, -0.1) is 0 Å². The molecule has 0 fully saturated rings. The second-order valence-corrected chi connectivity index (χ2v) is 6.26. The highest BCUT2D eigenvalue weighted by Gasteiger charge is 2.08. The Morgan fingerprint density at radius 2 is 1.37 bits per heavy atom. The van der Waals surface area contributed by atoms with Gasteiger partial charge in [0, 0.05) is 30.9 Å². The van der Waals surface area contributed by atoms with E-state index in [-0.39, 0.29) is 5.56 Å². The van der Waals surface area contributed by atoms with Crippen LogP contribution in [0.3, 0.4) is 0 Å². The zero-order valence-corrected chi connectivity index (χ0v) is 15.3. The summed E-state index contributed by atoms with van der Waals surface area (Å²) >= 11 is 0. The van der Waals surface area contributed by atoms with E-state index < -0.39 is 5.97 Å². The van der Waals surface area contributed by atoms with Gasteiger partial charge in [-0.25, -0.2) is 4.79 Å². The van der Waals surface area contributed by atoms with Gasteiger partial charge in [-0.3, -0.25) is 5.43 Å². The lowest BCUT2D eigenvalue weighted by atomic mass is 10.0. The van der Waals surface area contributed by atoms with Gasteiger partial charge < -0.3 is 10.0 Å². The van der Waals surface area contributed by atoms with E-state index in [9.17, 15) is 4.79 Å². The molecule has 0 saturated heterocycles. The van der Waals surface area contributed by atoms with E-state index in [0.29, 0.717) is 0 Å². The number of nitrogens with zero attached hydrogens (tertiary/aromatic N) is 2. The molecule has 0 atom stereocenters. The molecule has 0 aliphatic rings. The van der Waals surface area contributed by atoms with Crippen molar-refractivity contribution >= 4 is 23.1 Å². The molecule has 0 aliphatic heterocycles. The van der Waals surface area contributed by atoms with Crippen molar-refractivity contribution in [2.45, 2.75) is 0 Å². The summed E-state index contributed by atoms with van der Waals surface area (Å²) in [7, 11) is 4.01. The molecule has 3 aromatic carbocycles. The SMILES string of the molecule is CN(C)c1ccc(C(=NNc2ccc(C(=O)O)cc2)c2ccccc2)cc1. The third kappa shape index (κ3) is 4.52. The minimum absolute atomic E-state index is 0.243. The van der Waals surface area contributed by atoms with Crippen LogP contribution in [-0.4, -0.2) is 30.9 Å². The Morgan fingerprint density at radius 1 is 0.815 bits per heavy atom. The second-order valence-electron chi connectivity index (χ2n) is 6.26. The summed E-state index contributed by atoms with van der Waals surface area (Å²) < 4.78 is 0. The van der Waals surface area contributed by atoms with E-state index in [0.717, 1.165) is 28.2 Å². The van der Waals surface area contributed by atoms with E-state index in [1.807, 2.05) is 61.5 Å². The van der Waals surface area contributed by atoms with Crippen molar-refractivity contribution in [3.05, 3.63) is 95.6 Å². The molecule has 0 spiro atoms. The average molecular weight is 359 g/mol. The number of hydrogen-bond donors (Lipinski definition) is 2. The van der Waals surface area contributed by atoms with Crippen molar-refractivity contribution in [1.29, 1.82) is 0 Å². The average Bonchev–Trinajstić information content (AvgIpc) is 2.69. The Balaban J connectivity index is 1.92. The lowest BCUT2D eigenvalue weighted by Gasteiger charge is -2.14. The molecule has 27 heavy (non-hydrogen) atoms. The number of carboxylic acid groups (broad SMARTS) is 1. The van der Waals surface area contributed by atoms with Gasteiger partial charge in [0.2, 0.25) is 0 Å². The van der Waals surface area contributed by atoms with Gasteiger partial charge in [0.1, 0.15) is 0 Å². The number of anilines is 2. The van der Waals surface area contributed by atoms with Gasteiger partial charge >= 0.3 is 5.97 Å². The van der Waals surface area contributed by atoms with Crippen molar-refractivity contribution in [1.82, 2.24) is 0 Å². The van der Waals surface area contributed by atoms with Crippen LogP contribution < -0.4 is 10.3 Å². The zero-order valence-electron chi connectivity index (χ0n) is 15.3. The number of hydrazone groups is 1. The maximum atomic E-state index is 11.0.